The summed E-state index contributed by atoms with van der Waals surface area (Å²) in [5, 5.41) is 2.81. The highest BCUT2D eigenvalue weighted by Gasteiger charge is 2.10. The van der Waals surface area contributed by atoms with E-state index in [2.05, 4.69) is 10.3 Å². The molecule has 5 nitrogen and oxygen atoms in total. The van der Waals surface area contributed by atoms with Gasteiger partial charge < -0.3 is 15.5 Å². The van der Waals surface area contributed by atoms with Gasteiger partial charge in [0.25, 0.3) is 0 Å². The van der Waals surface area contributed by atoms with Crippen LogP contribution in [0.1, 0.15) is 24.8 Å². The van der Waals surface area contributed by atoms with Crippen molar-refractivity contribution in [2.75, 3.05) is 6.54 Å². The Bertz CT molecular complexity index is 600. The van der Waals surface area contributed by atoms with Gasteiger partial charge in [0.2, 0.25) is 5.91 Å². The molecule has 128 valence electrons. The van der Waals surface area contributed by atoms with E-state index in [-0.39, 0.29) is 36.8 Å². The van der Waals surface area contributed by atoms with Crippen LogP contribution in [0.3, 0.4) is 0 Å². The van der Waals surface area contributed by atoms with Gasteiger partial charge in [-0.3, -0.25) is 4.79 Å². The highest BCUT2D eigenvalue weighted by atomic mass is 35.5. The molecule has 0 bridgehead atoms. The molecule has 0 spiro atoms. The summed E-state index contributed by atoms with van der Waals surface area (Å²) in [7, 11) is 0. The Balaban J connectivity index is 0.00000242. The van der Waals surface area contributed by atoms with Crippen molar-refractivity contribution in [1.82, 2.24) is 10.3 Å². The summed E-state index contributed by atoms with van der Waals surface area (Å²) in [6, 6.07) is 8.04. The van der Waals surface area contributed by atoms with E-state index < -0.39 is 0 Å². The minimum absolute atomic E-state index is 0. The number of oxazole rings is 1. The number of hydrogen-bond donors (Lipinski definition) is 2. The second-order valence-electron chi connectivity index (χ2n) is 5.19. The zero-order valence-corrected chi connectivity index (χ0v) is 14.9. The summed E-state index contributed by atoms with van der Waals surface area (Å²) in [6.07, 6.45) is 2.52. The lowest BCUT2D eigenvalue weighted by Crippen LogP contribution is -2.37. The lowest BCUT2D eigenvalue weighted by atomic mass is 10.1. The number of nitrogens with zero attached hydrogens (tertiary/aromatic N) is 1. The van der Waals surface area contributed by atoms with Crippen LogP contribution in [0.5, 0.6) is 0 Å². The quantitative estimate of drug-likeness (QED) is 0.830. The first-order valence-corrected chi connectivity index (χ1v) is 7.09. The first kappa shape index (κ1) is 21.4. The van der Waals surface area contributed by atoms with Crippen molar-refractivity contribution in [1.29, 1.82) is 0 Å². The molecule has 1 amide bonds. The van der Waals surface area contributed by atoms with Gasteiger partial charge in [-0.1, -0.05) is 29.8 Å². The number of halogens is 2. The topological polar surface area (TPSA) is 81.2 Å². The monoisotopic (exact) mass is 359 g/mol. The van der Waals surface area contributed by atoms with Gasteiger partial charge in [0.1, 0.15) is 0 Å². The normalized spacial score (nSPS) is 11.1. The molecule has 1 heterocycles. The third-order valence-corrected chi connectivity index (χ3v) is 3.22. The molecule has 23 heavy (non-hydrogen) atoms. The van der Waals surface area contributed by atoms with Crippen LogP contribution in [-0.4, -0.2) is 23.5 Å². The zero-order chi connectivity index (χ0) is 15.2. The van der Waals surface area contributed by atoms with E-state index in [0.29, 0.717) is 25.3 Å². The molecule has 1 aromatic heterocycles. The van der Waals surface area contributed by atoms with Gasteiger partial charge >= 0.3 is 0 Å². The molecule has 2 rings (SSSR count). The first-order valence-electron chi connectivity index (χ1n) is 7.09. The van der Waals surface area contributed by atoms with Crippen LogP contribution in [0, 0.1) is 6.92 Å². The van der Waals surface area contributed by atoms with Crippen LogP contribution in [-0.2, 0) is 11.2 Å². The largest absolute Gasteiger partial charge is 0.441 e. The summed E-state index contributed by atoms with van der Waals surface area (Å²) in [6.45, 7) is 4.34. The van der Waals surface area contributed by atoms with E-state index in [0.717, 1.165) is 11.3 Å². The number of nitrogens with two attached hydrogens (primary N) is 1. The molecule has 0 aliphatic rings. The van der Waals surface area contributed by atoms with Crippen LogP contribution in [0.15, 0.2) is 34.9 Å². The molecule has 0 aliphatic carbocycles. The average Bonchev–Trinajstić information content (AvgIpc) is 2.94. The SMILES string of the molecule is Cc1ccc(-c2cnc(CCC(=O)N[C@@H](C)CN)o2)cc1.Cl.Cl. The number of aromatic nitrogens is 1. The van der Waals surface area contributed by atoms with Crippen molar-refractivity contribution in [3.05, 3.63) is 41.9 Å². The Morgan fingerprint density at radius 3 is 2.57 bits per heavy atom. The Kier molecular flexibility index (Phi) is 9.56. The highest BCUT2D eigenvalue weighted by molar-refractivity contribution is 5.85. The molecule has 1 atom stereocenters. The van der Waals surface area contributed by atoms with Gasteiger partial charge in [-0.15, -0.1) is 24.8 Å². The molecular formula is C16H23Cl2N3O2. The van der Waals surface area contributed by atoms with Gasteiger partial charge in [-0.25, -0.2) is 4.98 Å². The maximum absolute atomic E-state index is 11.7. The molecule has 7 heteroatoms. The van der Waals surface area contributed by atoms with Crippen molar-refractivity contribution in [2.24, 2.45) is 5.73 Å². The number of rotatable bonds is 6. The molecule has 0 saturated carbocycles. The molecule has 0 unspecified atom stereocenters. The van der Waals surface area contributed by atoms with E-state index in [4.69, 9.17) is 10.2 Å². The summed E-state index contributed by atoms with van der Waals surface area (Å²) in [5.74, 6) is 1.25. The Morgan fingerprint density at radius 1 is 1.30 bits per heavy atom. The Morgan fingerprint density at radius 2 is 1.96 bits per heavy atom. The van der Waals surface area contributed by atoms with Gasteiger partial charge in [-0.2, -0.15) is 0 Å². The van der Waals surface area contributed by atoms with Crippen LogP contribution >= 0.6 is 24.8 Å². The van der Waals surface area contributed by atoms with Crippen molar-refractivity contribution in [3.8, 4) is 11.3 Å². The number of aryl methyl sites for hydroxylation is 2. The van der Waals surface area contributed by atoms with E-state index in [9.17, 15) is 4.79 Å². The molecular weight excluding hydrogens is 337 g/mol. The molecule has 0 aliphatic heterocycles. The molecule has 1 aromatic carbocycles. The van der Waals surface area contributed by atoms with Crippen LogP contribution in [0.25, 0.3) is 11.3 Å². The fraction of sp³-hybridized carbons (Fsp3) is 0.375. The minimum Gasteiger partial charge on any atom is -0.441 e. The second kappa shape index (κ2) is 10.3. The minimum atomic E-state index is -0.0389. The number of hydrogen-bond acceptors (Lipinski definition) is 4. The lowest BCUT2D eigenvalue weighted by Gasteiger charge is -2.10. The fourth-order valence-electron chi connectivity index (χ4n) is 1.90. The summed E-state index contributed by atoms with van der Waals surface area (Å²) >= 11 is 0. The molecule has 3 N–H and O–H groups in total. The zero-order valence-electron chi connectivity index (χ0n) is 13.2. The molecule has 0 radical (unpaired) electrons. The maximum Gasteiger partial charge on any atom is 0.220 e. The molecule has 0 saturated heterocycles. The van der Waals surface area contributed by atoms with E-state index in [1.807, 2.05) is 38.1 Å². The predicted molar refractivity (Wildman–Crippen MR) is 96.2 cm³/mol. The maximum atomic E-state index is 11.7. The van der Waals surface area contributed by atoms with Crippen molar-refractivity contribution in [3.63, 3.8) is 0 Å². The Hall–Kier alpha value is -1.56. The number of nitrogens with one attached hydrogen (secondary N) is 1. The van der Waals surface area contributed by atoms with E-state index in [1.54, 1.807) is 6.20 Å². The van der Waals surface area contributed by atoms with Crippen molar-refractivity contribution >= 4 is 30.7 Å². The van der Waals surface area contributed by atoms with Crippen LogP contribution in [0.2, 0.25) is 0 Å². The van der Waals surface area contributed by atoms with Gasteiger partial charge in [0.05, 0.1) is 6.20 Å². The first-order chi connectivity index (χ1) is 10.1. The fourth-order valence-corrected chi connectivity index (χ4v) is 1.90. The third-order valence-electron chi connectivity index (χ3n) is 3.22. The van der Waals surface area contributed by atoms with Crippen molar-refractivity contribution < 1.29 is 9.21 Å². The van der Waals surface area contributed by atoms with Crippen molar-refractivity contribution in [2.45, 2.75) is 32.7 Å². The van der Waals surface area contributed by atoms with E-state index in [1.165, 1.54) is 5.56 Å². The molecule has 2 aromatic rings. The highest BCUT2D eigenvalue weighted by Crippen LogP contribution is 2.21. The number of benzene rings is 1. The smallest absolute Gasteiger partial charge is 0.220 e. The summed E-state index contributed by atoms with van der Waals surface area (Å²) in [4.78, 5) is 15.9. The summed E-state index contributed by atoms with van der Waals surface area (Å²) in [5.41, 5.74) is 7.65. The number of carbonyl (C=O) groups is 1. The Labute approximate surface area is 148 Å². The summed E-state index contributed by atoms with van der Waals surface area (Å²) < 4.78 is 5.68. The van der Waals surface area contributed by atoms with E-state index >= 15 is 0 Å². The predicted octanol–water partition coefficient (Wildman–Crippen LogP) is 2.89. The number of carbonyl (C=O) groups excluding carboxylic acids is 1. The van der Waals surface area contributed by atoms with Crippen LogP contribution < -0.4 is 11.1 Å². The lowest BCUT2D eigenvalue weighted by molar-refractivity contribution is -0.121. The second-order valence-corrected chi connectivity index (χ2v) is 5.19. The number of amides is 1. The standard InChI is InChI=1S/C16H21N3O2.2ClH/c1-11-3-5-13(6-4-11)14-10-18-16(21-14)8-7-15(20)19-12(2)9-17;;/h3-6,10,12H,7-9,17H2,1-2H3,(H,19,20);2*1H/t12-;;/m0../s1. The van der Waals surface area contributed by atoms with Gasteiger partial charge in [0.15, 0.2) is 11.7 Å². The molecule has 0 fully saturated rings. The average molecular weight is 360 g/mol. The van der Waals surface area contributed by atoms with Gasteiger partial charge in [0, 0.05) is 31.0 Å². The van der Waals surface area contributed by atoms with Gasteiger partial charge in [-0.05, 0) is 13.8 Å². The van der Waals surface area contributed by atoms with Crippen LogP contribution in [0.4, 0.5) is 0 Å². The third kappa shape index (κ3) is 6.60.